The van der Waals surface area contributed by atoms with E-state index in [4.69, 9.17) is 22.8 Å². The zero-order chi connectivity index (χ0) is 28.8. The highest BCUT2D eigenvalue weighted by Gasteiger charge is 2.39. The zero-order valence-corrected chi connectivity index (χ0v) is 24.8. The summed E-state index contributed by atoms with van der Waals surface area (Å²) in [6, 6.07) is 12.7. The lowest BCUT2D eigenvalue weighted by molar-refractivity contribution is 0.0706. The molecule has 2 aromatic carbocycles. The Balaban J connectivity index is 1.30. The van der Waals surface area contributed by atoms with Crippen molar-refractivity contribution in [1.29, 1.82) is 0 Å². The van der Waals surface area contributed by atoms with Gasteiger partial charge in [0.1, 0.15) is 5.75 Å². The van der Waals surface area contributed by atoms with Crippen molar-refractivity contribution in [2.45, 2.75) is 58.9 Å². The van der Waals surface area contributed by atoms with Gasteiger partial charge in [0, 0.05) is 49.1 Å². The molecule has 0 radical (unpaired) electrons. The summed E-state index contributed by atoms with van der Waals surface area (Å²) in [5, 5.41) is 2.77. The number of hydrogen-bond acceptors (Lipinski definition) is 8. The minimum absolute atomic E-state index is 0.156. The lowest BCUT2D eigenvalue weighted by Crippen LogP contribution is -2.46. The summed E-state index contributed by atoms with van der Waals surface area (Å²) in [5.41, 5.74) is 1.57. The molecule has 0 fully saturated rings. The van der Waals surface area contributed by atoms with Crippen molar-refractivity contribution in [3.05, 3.63) is 64.7 Å². The molecule has 1 amide bonds. The molecule has 0 bridgehead atoms. The Morgan fingerprint density at radius 2 is 1.32 bits per heavy atom. The molecule has 0 saturated carbocycles. The van der Waals surface area contributed by atoms with E-state index in [1.54, 1.807) is 42.5 Å². The van der Waals surface area contributed by atoms with E-state index in [0.29, 0.717) is 80.0 Å². The standard InChI is InChI=1S/C30H41NO8Si/c1-4-37-40(38-5-2,39-6-3)22-14-19-31-30(34)36-21-12-8-7-11-20-35-26-18-13-17-25-27(26)29(33)24-16-10-9-15-23(24)28(25)32/h9-10,13,15-18H,4-8,11-12,14,19-22H2,1-3H3,(H,31,34). The number of unbranched alkanes of at least 4 members (excludes halogenated alkanes) is 3. The number of rotatable bonds is 18. The van der Waals surface area contributed by atoms with Gasteiger partial charge in [-0.05, 0) is 58.9 Å². The topological polar surface area (TPSA) is 109 Å². The Bertz CT molecular complexity index is 1120. The SMILES string of the molecule is CCO[Si](CCCNC(=O)OCCCCCCOc1cccc2c1C(=O)c1ccccc1C2=O)(OCC)OCC. The van der Waals surface area contributed by atoms with Crippen molar-refractivity contribution in [1.82, 2.24) is 5.32 Å². The van der Waals surface area contributed by atoms with Crippen molar-refractivity contribution >= 4 is 26.5 Å². The molecule has 9 nitrogen and oxygen atoms in total. The van der Waals surface area contributed by atoms with Crippen LogP contribution in [-0.4, -0.2) is 66.0 Å². The van der Waals surface area contributed by atoms with Crippen LogP contribution in [0.5, 0.6) is 5.75 Å². The quantitative estimate of drug-likeness (QED) is 0.156. The van der Waals surface area contributed by atoms with E-state index in [2.05, 4.69) is 5.32 Å². The maximum Gasteiger partial charge on any atom is 0.500 e. The van der Waals surface area contributed by atoms with Crippen LogP contribution in [0.1, 0.15) is 84.7 Å². The molecule has 0 aliphatic heterocycles. The Labute approximate surface area is 237 Å². The van der Waals surface area contributed by atoms with Crippen LogP contribution in [0.25, 0.3) is 0 Å². The third-order valence-electron chi connectivity index (χ3n) is 6.47. The van der Waals surface area contributed by atoms with Gasteiger partial charge in [0.15, 0.2) is 11.6 Å². The van der Waals surface area contributed by atoms with Crippen LogP contribution < -0.4 is 10.1 Å². The fraction of sp³-hybridized carbons (Fsp3) is 0.500. The van der Waals surface area contributed by atoms with Crippen LogP contribution in [0, 0.1) is 0 Å². The first kappa shape index (κ1) is 31.5. The molecule has 3 rings (SSSR count). The summed E-state index contributed by atoms with van der Waals surface area (Å²) in [6.45, 7) is 8.56. The fourth-order valence-corrected chi connectivity index (χ4v) is 7.30. The predicted octanol–water partition coefficient (Wildman–Crippen LogP) is 5.57. The summed E-state index contributed by atoms with van der Waals surface area (Å²) < 4.78 is 28.7. The van der Waals surface area contributed by atoms with Gasteiger partial charge in [0.05, 0.1) is 18.8 Å². The van der Waals surface area contributed by atoms with Crippen LogP contribution >= 0.6 is 0 Å². The molecule has 0 heterocycles. The molecule has 0 unspecified atom stereocenters. The molecular weight excluding hydrogens is 530 g/mol. The maximum atomic E-state index is 13.0. The van der Waals surface area contributed by atoms with Crippen LogP contribution in [-0.2, 0) is 18.0 Å². The minimum Gasteiger partial charge on any atom is -0.493 e. The Kier molecular flexibility index (Phi) is 12.8. The first-order valence-electron chi connectivity index (χ1n) is 14.2. The van der Waals surface area contributed by atoms with Crippen LogP contribution in [0.2, 0.25) is 6.04 Å². The molecule has 2 aromatic rings. The molecule has 0 atom stereocenters. The van der Waals surface area contributed by atoms with Gasteiger partial charge in [-0.2, -0.15) is 0 Å². The van der Waals surface area contributed by atoms with Gasteiger partial charge in [-0.1, -0.05) is 36.4 Å². The highest BCUT2D eigenvalue weighted by Crippen LogP contribution is 2.33. The maximum absolute atomic E-state index is 13.0. The Morgan fingerprint density at radius 3 is 1.98 bits per heavy atom. The summed E-state index contributed by atoms with van der Waals surface area (Å²) in [4.78, 5) is 37.9. The molecule has 1 aliphatic carbocycles. The lowest BCUT2D eigenvalue weighted by atomic mass is 9.83. The van der Waals surface area contributed by atoms with Gasteiger partial charge in [0.25, 0.3) is 0 Å². The third kappa shape index (κ3) is 8.47. The van der Waals surface area contributed by atoms with Crippen LogP contribution in [0.4, 0.5) is 4.79 Å². The second kappa shape index (κ2) is 16.3. The van der Waals surface area contributed by atoms with Gasteiger partial charge in [-0.3, -0.25) is 9.59 Å². The van der Waals surface area contributed by atoms with E-state index in [1.807, 2.05) is 20.8 Å². The number of hydrogen-bond donors (Lipinski definition) is 1. The summed E-state index contributed by atoms with van der Waals surface area (Å²) in [6.07, 6.45) is 3.52. The molecular formula is C30H41NO8Si. The van der Waals surface area contributed by atoms with Gasteiger partial charge in [-0.15, -0.1) is 0 Å². The van der Waals surface area contributed by atoms with Crippen molar-refractivity contribution in [3.8, 4) is 5.75 Å². The lowest BCUT2D eigenvalue weighted by Gasteiger charge is -2.28. The average Bonchev–Trinajstić information content (AvgIpc) is 2.96. The molecule has 0 aromatic heterocycles. The molecule has 10 heteroatoms. The number of ketones is 2. The highest BCUT2D eigenvalue weighted by atomic mass is 28.4. The highest BCUT2D eigenvalue weighted by molar-refractivity contribution is 6.60. The van der Waals surface area contributed by atoms with Crippen molar-refractivity contribution < 1.29 is 37.1 Å². The molecule has 0 saturated heterocycles. The van der Waals surface area contributed by atoms with Gasteiger partial charge in [-0.25, -0.2) is 4.79 Å². The van der Waals surface area contributed by atoms with E-state index in [1.165, 1.54) is 0 Å². The largest absolute Gasteiger partial charge is 0.500 e. The summed E-state index contributed by atoms with van der Waals surface area (Å²) in [7, 11) is -2.70. The van der Waals surface area contributed by atoms with Gasteiger partial charge < -0.3 is 28.1 Å². The second-order valence-corrected chi connectivity index (χ2v) is 12.0. The van der Waals surface area contributed by atoms with E-state index in [0.717, 1.165) is 25.7 Å². The van der Waals surface area contributed by atoms with Crippen molar-refractivity contribution in [2.75, 3.05) is 39.6 Å². The van der Waals surface area contributed by atoms with E-state index >= 15 is 0 Å². The van der Waals surface area contributed by atoms with Gasteiger partial charge >= 0.3 is 14.9 Å². The molecule has 0 spiro atoms. The number of carbonyl (C=O) groups excluding carboxylic acids is 3. The molecule has 218 valence electrons. The molecule has 1 N–H and O–H groups in total. The third-order valence-corrected chi connectivity index (χ3v) is 9.62. The second-order valence-electron chi connectivity index (χ2n) is 9.29. The number of nitrogens with one attached hydrogen (secondary N) is 1. The zero-order valence-electron chi connectivity index (χ0n) is 23.8. The number of benzene rings is 2. The van der Waals surface area contributed by atoms with Gasteiger partial charge in [0.2, 0.25) is 0 Å². The van der Waals surface area contributed by atoms with Crippen LogP contribution in [0.3, 0.4) is 0 Å². The average molecular weight is 572 g/mol. The van der Waals surface area contributed by atoms with E-state index in [-0.39, 0.29) is 11.6 Å². The Hall–Kier alpha value is -3.05. The smallest absolute Gasteiger partial charge is 0.493 e. The minimum atomic E-state index is -2.70. The Morgan fingerprint density at radius 1 is 0.725 bits per heavy atom. The number of ether oxygens (including phenoxy) is 2. The number of carbonyl (C=O) groups is 3. The monoisotopic (exact) mass is 571 g/mol. The van der Waals surface area contributed by atoms with E-state index in [9.17, 15) is 14.4 Å². The summed E-state index contributed by atoms with van der Waals surface area (Å²) in [5.74, 6) is 0.0979. The number of fused-ring (bicyclic) bond motifs is 2. The first-order valence-corrected chi connectivity index (χ1v) is 16.2. The van der Waals surface area contributed by atoms with Crippen LogP contribution in [0.15, 0.2) is 42.5 Å². The number of amides is 1. The van der Waals surface area contributed by atoms with Crippen molar-refractivity contribution in [3.63, 3.8) is 0 Å². The van der Waals surface area contributed by atoms with Crippen molar-refractivity contribution in [2.24, 2.45) is 0 Å². The van der Waals surface area contributed by atoms with E-state index < -0.39 is 14.9 Å². The fourth-order valence-electron chi connectivity index (χ4n) is 4.69. The molecule has 40 heavy (non-hydrogen) atoms. The molecule has 1 aliphatic rings. The summed E-state index contributed by atoms with van der Waals surface area (Å²) >= 11 is 0. The first-order chi connectivity index (χ1) is 19.5. The normalized spacial score (nSPS) is 12.6. The number of alkyl carbamates (subject to hydrolysis) is 1. The predicted molar refractivity (Wildman–Crippen MR) is 153 cm³/mol.